The Morgan fingerprint density at radius 3 is 2.38 bits per heavy atom. The van der Waals surface area contributed by atoms with E-state index in [1.807, 2.05) is 6.92 Å². The number of non-ortho nitro benzene ring substituents is 1. The molecule has 0 saturated heterocycles. The van der Waals surface area contributed by atoms with Crippen LogP contribution in [0.15, 0.2) is 42.5 Å². The highest BCUT2D eigenvalue weighted by atomic mass is 16.6. The lowest BCUT2D eigenvalue weighted by Crippen LogP contribution is -2.32. The summed E-state index contributed by atoms with van der Waals surface area (Å²) < 4.78 is 10.5. The largest absolute Gasteiger partial charge is 0.497 e. The maximum absolute atomic E-state index is 12.2. The number of benzene rings is 2. The molecule has 154 valence electrons. The van der Waals surface area contributed by atoms with E-state index in [9.17, 15) is 19.7 Å². The van der Waals surface area contributed by atoms with Crippen molar-refractivity contribution in [2.24, 2.45) is 0 Å². The summed E-state index contributed by atoms with van der Waals surface area (Å²) in [6.45, 7) is 1.95. The zero-order valence-electron chi connectivity index (χ0n) is 16.4. The van der Waals surface area contributed by atoms with Crippen molar-refractivity contribution < 1.29 is 24.0 Å². The Morgan fingerprint density at radius 1 is 1.10 bits per heavy atom. The van der Waals surface area contributed by atoms with Crippen LogP contribution in [0.1, 0.15) is 35.3 Å². The molecule has 29 heavy (non-hydrogen) atoms. The quantitative estimate of drug-likeness (QED) is 0.492. The third-order valence-corrected chi connectivity index (χ3v) is 4.26. The minimum Gasteiger partial charge on any atom is -0.497 e. The lowest BCUT2D eigenvalue weighted by molar-refractivity contribution is -0.384. The zero-order chi connectivity index (χ0) is 21.4. The summed E-state index contributed by atoms with van der Waals surface area (Å²) in [6.07, 6.45) is 0.0787. The van der Waals surface area contributed by atoms with Crippen LogP contribution in [0.4, 0.5) is 5.69 Å². The molecule has 0 unspecified atom stereocenters. The minimum atomic E-state index is -0.537. The van der Waals surface area contributed by atoms with Gasteiger partial charge in [0.1, 0.15) is 11.5 Å². The van der Waals surface area contributed by atoms with Crippen LogP contribution in [0.25, 0.3) is 0 Å². The van der Waals surface area contributed by atoms with Crippen LogP contribution < -0.4 is 20.1 Å². The Bertz CT molecular complexity index is 882. The van der Waals surface area contributed by atoms with E-state index in [0.29, 0.717) is 11.5 Å². The van der Waals surface area contributed by atoms with Gasteiger partial charge in [-0.15, -0.1) is 0 Å². The predicted molar refractivity (Wildman–Crippen MR) is 106 cm³/mol. The minimum absolute atomic E-state index is 0.0787. The molecule has 0 fully saturated rings. The third kappa shape index (κ3) is 5.93. The van der Waals surface area contributed by atoms with Gasteiger partial charge in [0.15, 0.2) is 0 Å². The average molecular weight is 401 g/mol. The summed E-state index contributed by atoms with van der Waals surface area (Å²) in [5, 5.41) is 16.1. The van der Waals surface area contributed by atoms with Crippen molar-refractivity contribution in [3.63, 3.8) is 0 Å². The van der Waals surface area contributed by atoms with E-state index in [2.05, 4.69) is 10.6 Å². The Kier molecular flexibility index (Phi) is 7.53. The molecule has 1 atom stereocenters. The molecular weight excluding hydrogens is 378 g/mol. The summed E-state index contributed by atoms with van der Waals surface area (Å²) in [6, 6.07) is 10.2. The number of nitrogens with one attached hydrogen (secondary N) is 2. The lowest BCUT2D eigenvalue weighted by Gasteiger charge is -2.18. The summed E-state index contributed by atoms with van der Waals surface area (Å²) in [5.41, 5.74) is 0.962. The van der Waals surface area contributed by atoms with Crippen LogP contribution in [0.3, 0.4) is 0 Å². The molecule has 0 saturated carbocycles. The molecule has 0 aliphatic heterocycles. The fraction of sp³-hybridized carbons (Fsp3) is 0.300. The highest BCUT2D eigenvalue weighted by molar-refractivity contribution is 5.94. The second-order valence-corrected chi connectivity index (χ2v) is 6.21. The number of carbonyl (C=O) groups excluding carboxylic acids is 2. The Morgan fingerprint density at radius 2 is 1.79 bits per heavy atom. The van der Waals surface area contributed by atoms with Crippen molar-refractivity contribution in [3.05, 3.63) is 63.7 Å². The Balaban J connectivity index is 1.86. The van der Waals surface area contributed by atoms with Crippen molar-refractivity contribution in [1.82, 2.24) is 10.6 Å². The van der Waals surface area contributed by atoms with Gasteiger partial charge in [-0.1, -0.05) is 0 Å². The highest BCUT2D eigenvalue weighted by Gasteiger charge is 2.16. The van der Waals surface area contributed by atoms with Gasteiger partial charge < -0.3 is 20.1 Å². The standard InChI is InChI=1S/C20H23N3O6/c1-13(17-12-16(28-2)8-9-18(17)29-3)22-19(24)10-11-21-20(25)14-4-6-15(7-5-14)23(26)27/h4-9,12-13H,10-11H2,1-3H3,(H,21,25)(H,22,24)/t13-/m1/s1. The first-order valence-electron chi connectivity index (χ1n) is 8.89. The number of amides is 2. The maximum atomic E-state index is 12.2. The van der Waals surface area contributed by atoms with E-state index in [4.69, 9.17) is 9.47 Å². The number of nitro groups is 1. The normalized spacial score (nSPS) is 11.3. The number of rotatable bonds is 9. The summed E-state index contributed by atoms with van der Waals surface area (Å²) in [5.74, 6) is 0.629. The summed E-state index contributed by atoms with van der Waals surface area (Å²) in [7, 11) is 3.11. The molecule has 0 spiro atoms. The summed E-state index contributed by atoms with van der Waals surface area (Å²) >= 11 is 0. The van der Waals surface area contributed by atoms with Gasteiger partial charge in [-0.25, -0.2) is 0 Å². The van der Waals surface area contributed by atoms with Crippen molar-refractivity contribution in [3.8, 4) is 11.5 Å². The van der Waals surface area contributed by atoms with E-state index < -0.39 is 10.8 Å². The van der Waals surface area contributed by atoms with E-state index in [-0.39, 0.29) is 36.2 Å². The third-order valence-electron chi connectivity index (χ3n) is 4.26. The van der Waals surface area contributed by atoms with Crippen molar-refractivity contribution in [1.29, 1.82) is 0 Å². The molecule has 2 N–H and O–H groups in total. The van der Waals surface area contributed by atoms with Crippen LogP contribution in [-0.4, -0.2) is 37.5 Å². The van der Waals surface area contributed by atoms with Crippen LogP contribution in [-0.2, 0) is 4.79 Å². The lowest BCUT2D eigenvalue weighted by atomic mass is 10.1. The van der Waals surface area contributed by atoms with Crippen molar-refractivity contribution in [2.45, 2.75) is 19.4 Å². The second-order valence-electron chi connectivity index (χ2n) is 6.21. The van der Waals surface area contributed by atoms with Crippen LogP contribution in [0, 0.1) is 10.1 Å². The molecular formula is C20H23N3O6. The van der Waals surface area contributed by atoms with Gasteiger partial charge in [-0.3, -0.25) is 19.7 Å². The van der Waals surface area contributed by atoms with Crippen LogP contribution in [0.5, 0.6) is 11.5 Å². The molecule has 0 radical (unpaired) electrons. The molecule has 0 aliphatic rings. The van der Waals surface area contributed by atoms with Gasteiger partial charge in [0.25, 0.3) is 11.6 Å². The Hall–Kier alpha value is -3.62. The number of nitrogens with zero attached hydrogens (tertiary/aromatic N) is 1. The molecule has 2 aromatic carbocycles. The number of ether oxygens (including phenoxy) is 2. The number of hydrogen-bond acceptors (Lipinski definition) is 6. The predicted octanol–water partition coefficient (Wildman–Crippen LogP) is 2.61. The number of hydrogen-bond donors (Lipinski definition) is 2. The van der Waals surface area contributed by atoms with Crippen molar-refractivity contribution in [2.75, 3.05) is 20.8 Å². The molecule has 0 bridgehead atoms. The average Bonchev–Trinajstić information content (AvgIpc) is 2.73. The highest BCUT2D eigenvalue weighted by Crippen LogP contribution is 2.29. The number of nitro benzene ring substituents is 1. The molecule has 0 aliphatic carbocycles. The molecule has 0 heterocycles. The number of carbonyl (C=O) groups is 2. The topological polar surface area (TPSA) is 120 Å². The SMILES string of the molecule is COc1ccc(OC)c([C@@H](C)NC(=O)CCNC(=O)c2ccc([N+](=O)[O-])cc2)c1. The first-order chi connectivity index (χ1) is 13.8. The Labute approximate surface area is 168 Å². The van der Waals surface area contributed by atoms with E-state index >= 15 is 0 Å². The first kappa shape index (κ1) is 21.7. The molecule has 9 nitrogen and oxygen atoms in total. The van der Waals surface area contributed by atoms with Gasteiger partial charge in [0.2, 0.25) is 5.91 Å². The van der Waals surface area contributed by atoms with Gasteiger partial charge >= 0.3 is 0 Å². The van der Waals surface area contributed by atoms with Gasteiger partial charge in [0.05, 0.1) is 25.2 Å². The monoisotopic (exact) mass is 401 g/mol. The zero-order valence-corrected chi connectivity index (χ0v) is 16.4. The molecule has 2 rings (SSSR count). The smallest absolute Gasteiger partial charge is 0.269 e. The molecule has 2 amide bonds. The van der Waals surface area contributed by atoms with E-state index in [1.54, 1.807) is 32.4 Å². The van der Waals surface area contributed by atoms with Gasteiger partial charge in [0, 0.05) is 36.2 Å². The van der Waals surface area contributed by atoms with Crippen LogP contribution >= 0.6 is 0 Å². The molecule has 2 aromatic rings. The fourth-order valence-electron chi connectivity index (χ4n) is 2.70. The maximum Gasteiger partial charge on any atom is 0.269 e. The molecule has 9 heteroatoms. The van der Waals surface area contributed by atoms with E-state index in [1.165, 1.54) is 24.3 Å². The summed E-state index contributed by atoms with van der Waals surface area (Å²) in [4.78, 5) is 34.4. The van der Waals surface area contributed by atoms with Gasteiger partial charge in [-0.2, -0.15) is 0 Å². The number of methoxy groups -OCH3 is 2. The first-order valence-corrected chi connectivity index (χ1v) is 8.89. The van der Waals surface area contributed by atoms with Crippen LogP contribution in [0.2, 0.25) is 0 Å². The molecule has 0 aromatic heterocycles. The van der Waals surface area contributed by atoms with Gasteiger partial charge in [-0.05, 0) is 37.3 Å². The second kappa shape index (κ2) is 10.1. The van der Waals surface area contributed by atoms with E-state index in [0.717, 1.165) is 5.56 Å². The van der Waals surface area contributed by atoms with Crippen molar-refractivity contribution >= 4 is 17.5 Å². The fourth-order valence-corrected chi connectivity index (χ4v) is 2.70.